The Hall–Kier alpha value is -1.42. The second kappa shape index (κ2) is 4.22. The summed E-state index contributed by atoms with van der Waals surface area (Å²) in [7, 11) is 0. The average Bonchev–Trinajstić information content (AvgIpc) is 2.64. The van der Waals surface area contributed by atoms with Crippen molar-refractivity contribution in [3.05, 3.63) is 57.6 Å². The highest BCUT2D eigenvalue weighted by Gasteiger charge is 2.17. The van der Waals surface area contributed by atoms with E-state index in [4.69, 9.17) is 0 Å². The number of halogens is 2. The monoisotopic (exact) mass is 281 g/mol. The maximum absolute atomic E-state index is 13.5. The van der Waals surface area contributed by atoms with Gasteiger partial charge in [-0.05, 0) is 41.1 Å². The van der Waals surface area contributed by atoms with Gasteiger partial charge in [0.2, 0.25) is 0 Å². The molecule has 0 unspecified atom stereocenters. The molecular weight excluding hydrogens is 273 g/mol. The van der Waals surface area contributed by atoms with E-state index >= 15 is 0 Å². The fraction of sp³-hybridized carbons (Fsp3) is 0.0833. The van der Waals surface area contributed by atoms with E-state index in [1.807, 2.05) is 6.92 Å². The van der Waals surface area contributed by atoms with Crippen LogP contribution in [0.3, 0.4) is 0 Å². The van der Waals surface area contributed by atoms with Crippen molar-refractivity contribution in [2.45, 2.75) is 6.92 Å². The van der Waals surface area contributed by atoms with Gasteiger partial charge in [0.05, 0.1) is 5.56 Å². The SMILES string of the molecule is Cc1cc(C(=O)c2c(F)cccc2Br)c[nH]1. The van der Waals surface area contributed by atoms with E-state index in [9.17, 15) is 9.18 Å². The van der Waals surface area contributed by atoms with Gasteiger partial charge in [0.25, 0.3) is 0 Å². The Bertz CT molecular complexity index is 527. The van der Waals surface area contributed by atoms with Gasteiger partial charge in [0.1, 0.15) is 5.82 Å². The van der Waals surface area contributed by atoms with Crippen molar-refractivity contribution in [3.63, 3.8) is 0 Å². The quantitative estimate of drug-likeness (QED) is 0.841. The fourth-order valence-electron chi connectivity index (χ4n) is 1.50. The van der Waals surface area contributed by atoms with Crippen LogP contribution in [-0.2, 0) is 0 Å². The Morgan fingerprint density at radius 3 is 2.75 bits per heavy atom. The highest BCUT2D eigenvalue weighted by atomic mass is 79.9. The molecule has 4 heteroatoms. The van der Waals surface area contributed by atoms with Crippen LogP contribution < -0.4 is 0 Å². The van der Waals surface area contributed by atoms with Gasteiger partial charge in [-0.15, -0.1) is 0 Å². The van der Waals surface area contributed by atoms with Crippen LogP contribution in [0.1, 0.15) is 21.6 Å². The first kappa shape index (κ1) is 11.1. The number of aromatic amines is 1. The van der Waals surface area contributed by atoms with Crippen molar-refractivity contribution in [2.24, 2.45) is 0 Å². The van der Waals surface area contributed by atoms with Crippen LogP contribution in [0.25, 0.3) is 0 Å². The lowest BCUT2D eigenvalue weighted by Gasteiger charge is -2.02. The van der Waals surface area contributed by atoms with Gasteiger partial charge in [-0.2, -0.15) is 0 Å². The summed E-state index contributed by atoms with van der Waals surface area (Å²) in [6.45, 7) is 1.84. The normalized spacial score (nSPS) is 10.4. The zero-order valence-electron chi connectivity index (χ0n) is 8.55. The number of H-pyrrole nitrogens is 1. The van der Waals surface area contributed by atoms with Gasteiger partial charge in [-0.1, -0.05) is 6.07 Å². The zero-order chi connectivity index (χ0) is 11.7. The summed E-state index contributed by atoms with van der Waals surface area (Å²) in [5.74, 6) is -0.840. The third-order valence-corrected chi connectivity index (χ3v) is 2.94. The summed E-state index contributed by atoms with van der Waals surface area (Å²) in [6.07, 6.45) is 1.58. The van der Waals surface area contributed by atoms with Crippen molar-refractivity contribution in [3.8, 4) is 0 Å². The molecule has 0 atom stereocenters. The van der Waals surface area contributed by atoms with Gasteiger partial charge in [-0.3, -0.25) is 4.79 Å². The number of benzene rings is 1. The number of hydrogen-bond acceptors (Lipinski definition) is 1. The van der Waals surface area contributed by atoms with E-state index in [1.54, 1.807) is 24.4 Å². The van der Waals surface area contributed by atoms with Crippen LogP contribution >= 0.6 is 15.9 Å². The molecule has 0 saturated heterocycles. The van der Waals surface area contributed by atoms with E-state index in [2.05, 4.69) is 20.9 Å². The number of carbonyl (C=O) groups is 1. The molecule has 1 heterocycles. The predicted molar refractivity (Wildman–Crippen MR) is 63.1 cm³/mol. The number of carbonyl (C=O) groups excluding carboxylic acids is 1. The molecule has 0 radical (unpaired) electrons. The number of nitrogens with one attached hydrogen (secondary N) is 1. The number of aryl methyl sites for hydroxylation is 1. The van der Waals surface area contributed by atoms with Crippen LogP contribution in [0.2, 0.25) is 0 Å². The largest absolute Gasteiger partial charge is 0.364 e. The summed E-state index contributed by atoms with van der Waals surface area (Å²) < 4.78 is 14.0. The van der Waals surface area contributed by atoms with Crippen LogP contribution in [0.15, 0.2) is 34.9 Å². The topological polar surface area (TPSA) is 32.9 Å². The lowest BCUT2D eigenvalue weighted by atomic mass is 10.1. The Kier molecular flexibility index (Phi) is 2.92. The summed E-state index contributed by atoms with van der Waals surface area (Å²) in [5.41, 5.74) is 1.40. The first-order valence-electron chi connectivity index (χ1n) is 4.73. The zero-order valence-corrected chi connectivity index (χ0v) is 10.1. The third-order valence-electron chi connectivity index (χ3n) is 2.28. The van der Waals surface area contributed by atoms with Crippen LogP contribution in [0, 0.1) is 12.7 Å². The number of ketones is 1. The molecule has 0 spiro atoms. The number of hydrogen-bond donors (Lipinski definition) is 1. The van der Waals surface area contributed by atoms with Crippen molar-refractivity contribution >= 4 is 21.7 Å². The lowest BCUT2D eigenvalue weighted by molar-refractivity contribution is 0.103. The molecule has 2 nitrogen and oxygen atoms in total. The van der Waals surface area contributed by atoms with Crippen molar-refractivity contribution < 1.29 is 9.18 Å². The maximum atomic E-state index is 13.5. The highest BCUT2D eigenvalue weighted by molar-refractivity contribution is 9.10. The van der Waals surface area contributed by atoms with Gasteiger partial charge in [-0.25, -0.2) is 4.39 Å². The minimum absolute atomic E-state index is 0.0708. The van der Waals surface area contributed by atoms with Crippen molar-refractivity contribution in [1.29, 1.82) is 0 Å². The van der Waals surface area contributed by atoms with Gasteiger partial charge < -0.3 is 4.98 Å². The Morgan fingerprint density at radius 2 is 2.19 bits per heavy atom. The molecule has 2 aromatic rings. The summed E-state index contributed by atoms with van der Waals surface area (Å²) in [6, 6.07) is 6.17. The molecule has 2 rings (SSSR count). The second-order valence-electron chi connectivity index (χ2n) is 3.50. The Labute approximate surface area is 101 Å². The highest BCUT2D eigenvalue weighted by Crippen LogP contribution is 2.23. The molecule has 0 aliphatic carbocycles. The fourth-order valence-corrected chi connectivity index (χ4v) is 2.02. The molecule has 1 aromatic carbocycles. The summed E-state index contributed by atoms with van der Waals surface area (Å²) in [4.78, 5) is 14.9. The third kappa shape index (κ3) is 1.93. The standard InChI is InChI=1S/C12H9BrFNO/c1-7-5-8(6-15-7)12(16)11-9(13)3-2-4-10(11)14/h2-6,15H,1H3. The summed E-state index contributed by atoms with van der Waals surface area (Å²) in [5, 5.41) is 0. The van der Waals surface area contributed by atoms with E-state index in [0.717, 1.165) is 5.69 Å². The first-order chi connectivity index (χ1) is 7.59. The molecule has 1 N–H and O–H groups in total. The van der Waals surface area contributed by atoms with Gasteiger partial charge >= 0.3 is 0 Å². The van der Waals surface area contributed by atoms with Crippen LogP contribution in [0.4, 0.5) is 4.39 Å². The smallest absolute Gasteiger partial charge is 0.198 e. The number of aromatic nitrogens is 1. The average molecular weight is 282 g/mol. The Morgan fingerprint density at radius 1 is 1.44 bits per heavy atom. The minimum Gasteiger partial charge on any atom is -0.364 e. The van der Waals surface area contributed by atoms with E-state index < -0.39 is 5.82 Å². The van der Waals surface area contributed by atoms with Gasteiger partial charge in [0, 0.05) is 21.9 Å². The molecule has 0 saturated carbocycles. The van der Waals surface area contributed by atoms with E-state index in [0.29, 0.717) is 10.0 Å². The summed E-state index contributed by atoms with van der Waals surface area (Å²) >= 11 is 3.18. The first-order valence-corrected chi connectivity index (χ1v) is 5.52. The molecule has 0 amide bonds. The van der Waals surface area contributed by atoms with E-state index in [1.165, 1.54) is 6.07 Å². The molecule has 0 aliphatic rings. The molecule has 16 heavy (non-hydrogen) atoms. The molecule has 0 aliphatic heterocycles. The number of rotatable bonds is 2. The van der Waals surface area contributed by atoms with Gasteiger partial charge in [0.15, 0.2) is 5.78 Å². The molecule has 0 fully saturated rings. The molecular formula is C12H9BrFNO. The second-order valence-corrected chi connectivity index (χ2v) is 4.35. The molecule has 1 aromatic heterocycles. The Balaban J connectivity index is 2.49. The van der Waals surface area contributed by atoms with E-state index in [-0.39, 0.29) is 11.3 Å². The maximum Gasteiger partial charge on any atom is 0.198 e. The van der Waals surface area contributed by atoms with Crippen LogP contribution in [0.5, 0.6) is 0 Å². The van der Waals surface area contributed by atoms with Crippen molar-refractivity contribution in [1.82, 2.24) is 4.98 Å². The molecule has 82 valence electrons. The van der Waals surface area contributed by atoms with Crippen molar-refractivity contribution in [2.75, 3.05) is 0 Å². The lowest BCUT2D eigenvalue weighted by Crippen LogP contribution is -2.04. The predicted octanol–water partition coefficient (Wildman–Crippen LogP) is 3.46. The van der Waals surface area contributed by atoms with Crippen LogP contribution in [-0.4, -0.2) is 10.8 Å². The molecule has 0 bridgehead atoms. The minimum atomic E-state index is -0.516.